The molecule has 4 saturated carbocycles. The van der Waals surface area contributed by atoms with E-state index in [2.05, 4.69) is 6.92 Å². The van der Waals surface area contributed by atoms with Gasteiger partial charge in [-0.2, -0.15) is 0 Å². The van der Waals surface area contributed by atoms with Crippen molar-refractivity contribution in [3.05, 3.63) is 34.4 Å². The molecule has 244 valence electrons. The number of hydrogen-bond donors (Lipinski definition) is 5. The quantitative estimate of drug-likeness (QED) is 0.172. The van der Waals surface area contributed by atoms with Crippen molar-refractivity contribution in [1.29, 1.82) is 0 Å². The van der Waals surface area contributed by atoms with E-state index in [4.69, 9.17) is 18.6 Å². The van der Waals surface area contributed by atoms with E-state index in [1.54, 1.807) is 6.07 Å². The molecule has 0 radical (unpaired) electrons. The molecule has 12 heteroatoms. The molecular formula is C32H44O12. The number of aliphatic hydroxyl groups is 5. The van der Waals surface area contributed by atoms with Gasteiger partial charge in [-0.25, -0.2) is 4.79 Å². The zero-order chi connectivity index (χ0) is 31.7. The van der Waals surface area contributed by atoms with E-state index in [1.165, 1.54) is 19.3 Å². The third-order valence-corrected chi connectivity index (χ3v) is 12.3. The van der Waals surface area contributed by atoms with Gasteiger partial charge in [0.05, 0.1) is 30.0 Å². The standard InChI is InChI=1S/C32H44O12/c1-17(35)44-31-11-7-22-21(6-9-29(2)20(8-12-32(22,29)40)18-3-4-24(36)41-15-18)30(31,16-34)10-5-19(13-31)42-28-27(39)26(38)25(37)23(14-33)43-28/h3-4,15-16,19-23,25-28,33,37-40H,5-14H2,1-2H3. The number of aliphatic hydroxyl groups excluding tert-OH is 4. The highest BCUT2D eigenvalue weighted by Crippen LogP contribution is 2.71. The Morgan fingerprint density at radius 3 is 2.43 bits per heavy atom. The first-order valence-electron chi connectivity index (χ1n) is 15.8. The third-order valence-electron chi connectivity index (χ3n) is 12.3. The van der Waals surface area contributed by atoms with E-state index in [1.807, 2.05) is 0 Å². The number of esters is 1. The molecule has 1 aliphatic heterocycles. The number of fused-ring (bicyclic) bond motifs is 5. The molecular weight excluding hydrogens is 576 g/mol. The van der Waals surface area contributed by atoms with Crippen molar-refractivity contribution >= 4 is 12.3 Å². The molecule has 6 rings (SSSR count). The lowest BCUT2D eigenvalue weighted by atomic mass is 9.41. The van der Waals surface area contributed by atoms with Crippen molar-refractivity contribution in [2.45, 2.75) is 126 Å². The number of hydrogen-bond acceptors (Lipinski definition) is 12. The Balaban J connectivity index is 1.29. The lowest BCUT2D eigenvalue weighted by Gasteiger charge is -2.65. The molecule has 5 N–H and O–H groups in total. The van der Waals surface area contributed by atoms with Gasteiger partial charge < -0.3 is 49.0 Å². The van der Waals surface area contributed by atoms with Crippen LogP contribution in [0.4, 0.5) is 0 Å². The maximum absolute atomic E-state index is 13.4. The average Bonchev–Trinajstić information content (AvgIpc) is 3.28. The molecule has 0 aromatic carbocycles. The number of carbonyl (C=O) groups excluding carboxylic acids is 2. The Labute approximate surface area is 255 Å². The summed E-state index contributed by atoms with van der Waals surface area (Å²) in [6.07, 6.45) is -1.21. The lowest BCUT2D eigenvalue weighted by Crippen LogP contribution is -2.70. The van der Waals surface area contributed by atoms with Crippen LogP contribution in [0.15, 0.2) is 27.6 Å². The fourth-order valence-corrected chi connectivity index (χ4v) is 10.2. The molecule has 5 fully saturated rings. The molecule has 13 atom stereocenters. The molecule has 44 heavy (non-hydrogen) atoms. The predicted molar refractivity (Wildman–Crippen MR) is 151 cm³/mol. The fraction of sp³-hybridized carbons (Fsp3) is 0.781. The van der Waals surface area contributed by atoms with Crippen molar-refractivity contribution in [1.82, 2.24) is 0 Å². The second kappa shape index (κ2) is 11.3. The second-order valence-electron chi connectivity index (χ2n) is 14.1. The smallest absolute Gasteiger partial charge is 0.335 e. The number of rotatable bonds is 6. The van der Waals surface area contributed by atoms with Crippen molar-refractivity contribution in [3.8, 4) is 0 Å². The summed E-state index contributed by atoms with van der Waals surface area (Å²) in [6, 6.07) is 3.18. The van der Waals surface area contributed by atoms with Crippen LogP contribution >= 0.6 is 0 Å². The maximum atomic E-state index is 13.4. The Morgan fingerprint density at radius 1 is 1.02 bits per heavy atom. The zero-order valence-corrected chi connectivity index (χ0v) is 25.2. The normalized spacial score (nSPS) is 48.5. The van der Waals surface area contributed by atoms with Crippen molar-refractivity contribution < 1.29 is 53.7 Å². The molecule has 1 saturated heterocycles. The van der Waals surface area contributed by atoms with Crippen LogP contribution in [-0.4, -0.2) is 92.4 Å². The summed E-state index contributed by atoms with van der Waals surface area (Å²) in [6.45, 7) is 2.81. The first-order chi connectivity index (χ1) is 20.8. The zero-order valence-electron chi connectivity index (χ0n) is 25.2. The van der Waals surface area contributed by atoms with Crippen molar-refractivity contribution in [2.75, 3.05) is 6.61 Å². The Morgan fingerprint density at radius 2 is 1.77 bits per heavy atom. The molecule has 4 aliphatic carbocycles. The summed E-state index contributed by atoms with van der Waals surface area (Å²) in [5.74, 6) is -1.03. The van der Waals surface area contributed by atoms with E-state index in [0.717, 1.165) is 11.8 Å². The van der Waals surface area contributed by atoms with Gasteiger partial charge in [0.1, 0.15) is 36.3 Å². The van der Waals surface area contributed by atoms with Crippen LogP contribution in [0.1, 0.15) is 83.1 Å². The molecule has 13 unspecified atom stereocenters. The van der Waals surface area contributed by atoms with Gasteiger partial charge >= 0.3 is 11.6 Å². The summed E-state index contributed by atoms with van der Waals surface area (Å²) in [4.78, 5) is 37.6. The van der Waals surface area contributed by atoms with Crippen LogP contribution in [0.2, 0.25) is 0 Å². The number of carbonyl (C=O) groups is 2. The first-order valence-corrected chi connectivity index (χ1v) is 15.8. The van der Waals surface area contributed by atoms with Crippen LogP contribution in [0.3, 0.4) is 0 Å². The molecule has 0 bridgehead atoms. The van der Waals surface area contributed by atoms with Gasteiger partial charge in [-0.05, 0) is 80.8 Å². The summed E-state index contributed by atoms with van der Waals surface area (Å²) in [7, 11) is 0. The minimum atomic E-state index is -1.60. The SMILES string of the molecule is CC(=O)OC12CCC3C(CCC4(C)C(c5ccc(=O)oc5)CCC34O)C1(C=O)CCC(OC1OC(CO)C(O)C(O)C1O)C2. The fourth-order valence-electron chi connectivity index (χ4n) is 10.2. The summed E-state index contributed by atoms with van der Waals surface area (Å²) in [5, 5.41) is 53.1. The molecule has 1 aromatic rings. The second-order valence-corrected chi connectivity index (χ2v) is 14.1. The number of aldehydes is 1. The van der Waals surface area contributed by atoms with Gasteiger partial charge in [0, 0.05) is 24.8 Å². The van der Waals surface area contributed by atoms with Crippen LogP contribution in [0.5, 0.6) is 0 Å². The van der Waals surface area contributed by atoms with Gasteiger partial charge in [-0.1, -0.05) is 6.92 Å². The highest BCUT2D eigenvalue weighted by atomic mass is 16.7. The number of ether oxygens (including phenoxy) is 3. The monoisotopic (exact) mass is 620 g/mol. The molecule has 0 amide bonds. The lowest BCUT2D eigenvalue weighted by molar-refractivity contribution is -0.323. The van der Waals surface area contributed by atoms with Crippen molar-refractivity contribution in [3.63, 3.8) is 0 Å². The van der Waals surface area contributed by atoms with Gasteiger partial charge in [0.25, 0.3) is 0 Å². The first kappa shape index (κ1) is 31.8. The van der Waals surface area contributed by atoms with E-state index < -0.39 is 77.0 Å². The largest absolute Gasteiger partial charge is 0.458 e. The van der Waals surface area contributed by atoms with Crippen molar-refractivity contribution in [2.24, 2.45) is 22.7 Å². The maximum Gasteiger partial charge on any atom is 0.335 e. The average molecular weight is 621 g/mol. The Bertz CT molecular complexity index is 1290. The van der Waals surface area contributed by atoms with Crippen LogP contribution < -0.4 is 5.63 Å². The van der Waals surface area contributed by atoms with E-state index >= 15 is 0 Å². The highest BCUT2D eigenvalue weighted by molar-refractivity contribution is 5.70. The minimum Gasteiger partial charge on any atom is -0.458 e. The Hall–Kier alpha value is -2.19. The molecule has 12 nitrogen and oxygen atoms in total. The predicted octanol–water partition coefficient (Wildman–Crippen LogP) is 0.931. The summed E-state index contributed by atoms with van der Waals surface area (Å²) in [5.41, 5.74) is -3.44. The molecule has 2 heterocycles. The van der Waals surface area contributed by atoms with E-state index in [9.17, 15) is 39.9 Å². The van der Waals surface area contributed by atoms with Gasteiger partial charge in [0.15, 0.2) is 6.29 Å². The van der Waals surface area contributed by atoms with Crippen LogP contribution in [-0.2, 0) is 23.8 Å². The van der Waals surface area contributed by atoms with Gasteiger partial charge in [-0.15, -0.1) is 0 Å². The third kappa shape index (κ3) is 4.55. The highest BCUT2D eigenvalue weighted by Gasteiger charge is 2.72. The molecule has 5 aliphatic rings. The molecule has 0 spiro atoms. The van der Waals surface area contributed by atoms with E-state index in [0.29, 0.717) is 51.4 Å². The van der Waals surface area contributed by atoms with Gasteiger partial charge in [-0.3, -0.25) is 4.79 Å². The van der Waals surface area contributed by atoms with Crippen LogP contribution in [0, 0.1) is 22.7 Å². The molecule has 1 aromatic heterocycles. The summed E-state index contributed by atoms with van der Waals surface area (Å²) >= 11 is 0. The minimum absolute atomic E-state index is 0.0205. The van der Waals surface area contributed by atoms with E-state index in [-0.39, 0.29) is 24.2 Å². The Kier molecular flexibility index (Phi) is 8.13. The summed E-state index contributed by atoms with van der Waals surface area (Å²) < 4.78 is 23.0. The van der Waals surface area contributed by atoms with Gasteiger partial charge in [0.2, 0.25) is 0 Å². The van der Waals surface area contributed by atoms with Crippen LogP contribution in [0.25, 0.3) is 0 Å². The topological polar surface area (TPSA) is 193 Å².